The van der Waals surface area contributed by atoms with Crippen LogP contribution in [0.25, 0.3) is 0 Å². The smallest absolute Gasteiger partial charge is 0.250 e. The van der Waals surface area contributed by atoms with E-state index in [1.807, 2.05) is 0 Å². The summed E-state index contributed by atoms with van der Waals surface area (Å²) in [5, 5.41) is 12.6. The van der Waals surface area contributed by atoms with Crippen molar-refractivity contribution in [3.05, 3.63) is 23.8 Å². The fourth-order valence-corrected chi connectivity index (χ4v) is 2.52. The number of nitrogens with one attached hydrogen (secondary N) is 1. The van der Waals surface area contributed by atoms with Gasteiger partial charge in [-0.3, -0.25) is 4.79 Å². The fourth-order valence-electron chi connectivity index (χ4n) is 2.52. The normalized spacial score (nSPS) is 17.1. The van der Waals surface area contributed by atoms with Crippen molar-refractivity contribution in [2.45, 2.75) is 19.8 Å². The zero-order chi connectivity index (χ0) is 14.5. The third-order valence-electron chi connectivity index (χ3n) is 3.89. The number of rotatable bonds is 5. The van der Waals surface area contributed by atoms with Crippen molar-refractivity contribution < 1.29 is 9.90 Å². The summed E-state index contributed by atoms with van der Waals surface area (Å²) < 4.78 is 0. The molecular weight excluding hydrogens is 254 g/mol. The fraction of sp³-hybridized carbons (Fsp3) is 0.533. The number of phenols is 1. The van der Waals surface area contributed by atoms with Crippen molar-refractivity contribution >= 4 is 11.6 Å². The first kappa shape index (κ1) is 14.7. The zero-order valence-electron chi connectivity index (χ0n) is 11.9. The van der Waals surface area contributed by atoms with Gasteiger partial charge in [-0.1, -0.05) is 6.92 Å². The molecule has 0 spiro atoms. The summed E-state index contributed by atoms with van der Waals surface area (Å²) in [4.78, 5) is 13.8. The average Bonchev–Trinajstić information content (AvgIpc) is 2.42. The van der Waals surface area contributed by atoms with Crippen LogP contribution < -0.4 is 11.1 Å². The van der Waals surface area contributed by atoms with E-state index < -0.39 is 5.91 Å². The molecule has 5 nitrogen and oxygen atoms in total. The molecule has 0 aromatic heterocycles. The summed E-state index contributed by atoms with van der Waals surface area (Å²) in [6.45, 7) is 6.29. The van der Waals surface area contributed by atoms with Crippen molar-refractivity contribution in [3.8, 4) is 5.75 Å². The summed E-state index contributed by atoms with van der Waals surface area (Å²) in [5.41, 5.74) is 6.32. The second-order valence-corrected chi connectivity index (χ2v) is 5.55. The molecule has 1 aliphatic heterocycles. The number of aromatic hydroxyl groups is 1. The molecule has 1 saturated heterocycles. The van der Waals surface area contributed by atoms with Gasteiger partial charge in [0.05, 0.1) is 5.56 Å². The van der Waals surface area contributed by atoms with Crippen molar-refractivity contribution in [2.75, 3.05) is 31.5 Å². The predicted octanol–water partition coefficient (Wildman–Crippen LogP) is 1.63. The minimum atomic E-state index is -0.532. The summed E-state index contributed by atoms with van der Waals surface area (Å²) in [7, 11) is 0. The van der Waals surface area contributed by atoms with E-state index in [-0.39, 0.29) is 5.75 Å². The maximum atomic E-state index is 11.3. The van der Waals surface area contributed by atoms with Gasteiger partial charge in [0.25, 0.3) is 5.91 Å². The van der Waals surface area contributed by atoms with E-state index in [1.54, 1.807) is 12.1 Å². The van der Waals surface area contributed by atoms with Crippen molar-refractivity contribution in [2.24, 2.45) is 11.7 Å². The number of likely N-dealkylation sites (tertiary alicyclic amines) is 1. The lowest BCUT2D eigenvalue weighted by Crippen LogP contribution is -2.36. The van der Waals surface area contributed by atoms with Crippen molar-refractivity contribution in [1.29, 1.82) is 0 Å². The average molecular weight is 277 g/mol. The van der Waals surface area contributed by atoms with Crippen LogP contribution in [-0.4, -0.2) is 42.1 Å². The number of amides is 1. The standard InChI is InChI=1S/C15H23N3O2/c1-11-4-7-18(8-5-11)9-6-17-14-3-2-12(19)10-13(14)15(16)20/h2-3,10-11,17,19H,4-9H2,1H3,(H2,16,20). The number of carbonyl (C=O) groups excluding carboxylic acids is 1. The molecule has 0 aliphatic carbocycles. The third kappa shape index (κ3) is 3.87. The van der Waals surface area contributed by atoms with E-state index in [2.05, 4.69) is 17.1 Å². The van der Waals surface area contributed by atoms with Crippen LogP contribution in [0.15, 0.2) is 18.2 Å². The van der Waals surface area contributed by atoms with Crippen LogP contribution in [-0.2, 0) is 0 Å². The van der Waals surface area contributed by atoms with Gasteiger partial charge >= 0.3 is 0 Å². The Kier molecular flexibility index (Phi) is 4.84. The van der Waals surface area contributed by atoms with Gasteiger partial charge in [0, 0.05) is 18.8 Å². The zero-order valence-corrected chi connectivity index (χ0v) is 11.9. The molecule has 0 saturated carbocycles. The lowest BCUT2D eigenvalue weighted by Gasteiger charge is -2.30. The van der Waals surface area contributed by atoms with E-state index in [1.165, 1.54) is 18.9 Å². The first-order chi connectivity index (χ1) is 9.56. The number of nitrogens with zero attached hydrogens (tertiary/aromatic N) is 1. The van der Waals surface area contributed by atoms with Crippen LogP contribution in [0.3, 0.4) is 0 Å². The Morgan fingerprint density at radius 1 is 1.45 bits per heavy atom. The van der Waals surface area contributed by atoms with E-state index in [9.17, 15) is 9.90 Å². The minimum absolute atomic E-state index is 0.0503. The molecule has 1 aliphatic rings. The van der Waals surface area contributed by atoms with Gasteiger partial charge in [0.2, 0.25) is 0 Å². The predicted molar refractivity (Wildman–Crippen MR) is 80.0 cm³/mol. The molecule has 1 aromatic carbocycles. The molecule has 0 radical (unpaired) electrons. The number of piperidine rings is 1. The van der Waals surface area contributed by atoms with Crippen LogP contribution in [0.4, 0.5) is 5.69 Å². The first-order valence-electron chi connectivity index (χ1n) is 7.15. The number of anilines is 1. The molecule has 2 rings (SSSR count). The van der Waals surface area contributed by atoms with Gasteiger partial charge in [0.1, 0.15) is 5.75 Å². The van der Waals surface area contributed by atoms with Crippen LogP contribution in [0.5, 0.6) is 5.75 Å². The number of phenolic OH excluding ortho intramolecular Hbond substituents is 1. The van der Waals surface area contributed by atoms with Gasteiger partial charge in [-0.05, 0) is 50.0 Å². The molecule has 0 bridgehead atoms. The van der Waals surface area contributed by atoms with E-state index in [4.69, 9.17) is 5.73 Å². The Morgan fingerprint density at radius 2 is 2.15 bits per heavy atom. The lowest BCUT2D eigenvalue weighted by molar-refractivity contribution is 0.100. The van der Waals surface area contributed by atoms with E-state index >= 15 is 0 Å². The van der Waals surface area contributed by atoms with Crippen LogP contribution in [0.2, 0.25) is 0 Å². The Morgan fingerprint density at radius 3 is 2.80 bits per heavy atom. The second-order valence-electron chi connectivity index (χ2n) is 5.55. The number of hydrogen-bond acceptors (Lipinski definition) is 4. The summed E-state index contributed by atoms with van der Waals surface area (Å²) in [6, 6.07) is 4.64. The van der Waals surface area contributed by atoms with Crippen LogP contribution in [0, 0.1) is 5.92 Å². The SMILES string of the molecule is CC1CCN(CCNc2ccc(O)cc2C(N)=O)CC1. The van der Waals surface area contributed by atoms with Gasteiger partial charge in [-0.15, -0.1) is 0 Å². The molecule has 4 N–H and O–H groups in total. The summed E-state index contributed by atoms with van der Waals surface area (Å²) >= 11 is 0. The third-order valence-corrected chi connectivity index (χ3v) is 3.89. The molecule has 0 atom stereocenters. The molecule has 1 heterocycles. The topological polar surface area (TPSA) is 78.6 Å². The number of hydrogen-bond donors (Lipinski definition) is 3. The second kappa shape index (κ2) is 6.61. The highest BCUT2D eigenvalue weighted by atomic mass is 16.3. The highest BCUT2D eigenvalue weighted by Gasteiger charge is 2.15. The van der Waals surface area contributed by atoms with Gasteiger partial charge in [-0.25, -0.2) is 0 Å². The van der Waals surface area contributed by atoms with Gasteiger partial charge in [0.15, 0.2) is 0 Å². The molecule has 110 valence electrons. The summed E-state index contributed by atoms with van der Waals surface area (Å²) in [5.74, 6) is 0.349. The van der Waals surface area contributed by atoms with Crippen molar-refractivity contribution in [1.82, 2.24) is 4.90 Å². The monoisotopic (exact) mass is 277 g/mol. The quantitative estimate of drug-likeness (QED) is 0.715. The lowest BCUT2D eigenvalue weighted by atomic mass is 9.99. The number of primary amides is 1. The maximum Gasteiger partial charge on any atom is 0.250 e. The molecular formula is C15H23N3O2. The van der Waals surface area contributed by atoms with Gasteiger partial charge in [-0.2, -0.15) is 0 Å². The molecule has 5 heteroatoms. The number of benzene rings is 1. The Balaban J connectivity index is 1.86. The Hall–Kier alpha value is -1.75. The van der Waals surface area contributed by atoms with E-state index in [0.29, 0.717) is 11.3 Å². The minimum Gasteiger partial charge on any atom is -0.508 e. The highest BCUT2D eigenvalue weighted by molar-refractivity contribution is 5.98. The van der Waals surface area contributed by atoms with Crippen molar-refractivity contribution in [3.63, 3.8) is 0 Å². The maximum absolute atomic E-state index is 11.3. The number of nitrogens with two attached hydrogens (primary N) is 1. The summed E-state index contributed by atoms with van der Waals surface area (Å²) in [6.07, 6.45) is 2.51. The molecule has 0 unspecified atom stereocenters. The molecule has 1 aromatic rings. The Labute approximate surface area is 119 Å². The van der Waals surface area contributed by atoms with Crippen LogP contribution >= 0.6 is 0 Å². The van der Waals surface area contributed by atoms with Crippen LogP contribution in [0.1, 0.15) is 30.1 Å². The Bertz CT molecular complexity index is 468. The molecule has 20 heavy (non-hydrogen) atoms. The molecule has 1 fully saturated rings. The largest absolute Gasteiger partial charge is 0.508 e. The molecule has 1 amide bonds. The number of carbonyl (C=O) groups is 1. The highest BCUT2D eigenvalue weighted by Crippen LogP contribution is 2.21. The van der Waals surface area contributed by atoms with E-state index in [0.717, 1.165) is 32.1 Å². The van der Waals surface area contributed by atoms with Gasteiger partial charge < -0.3 is 21.1 Å². The first-order valence-corrected chi connectivity index (χ1v) is 7.15.